The van der Waals surface area contributed by atoms with Crippen molar-refractivity contribution in [3.8, 4) is 17.1 Å². The molecule has 30 heavy (non-hydrogen) atoms. The molecule has 0 amide bonds. The van der Waals surface area contributed by atoms with Gasteiger partial charge in [0.25, 0.3) is 0 Å². The molecular formula is C21H24N4O4S. The molecule has 2 saturated carbocycles. The number of nitrogens with zero attached hydrogens (tertiary/aromatic N) is 3. The largest absolute Gasteiger partial charge is 0.473 e. The highest BCUT2D eigenvalue weighted by Crippen LogP contribution is 2.27. The minimum Gasteiger partial charge on any atom is -0.473 e. The van der Waals surface area contributed by atoms with Crippen LogP contribution in [-0.2, 0) is 10.0 Å². The quantitative estimate of drug-likeness (QED) is 0.625. The topological polar surface area (TPSA) is 106 Å². The van der Waals surface area contributed by atoms with Gasteiger partial charge < -0.3 is 9.84 Å². The van der Waals surface area contributed by atoms with E-state index in [-0.39, 0.29) is 23.1 Å². The smallest absolute Gasteiger partial charge is 0.240 e. The third kappa shape index (κ3) is 4.05. The summed E-state index contributed by atoms with van der Waals surface area (Å²) in [5.41, 5.74) is 2.26. The number of sulfonamides is 1. The zero-order valence-corrected chi connectivity index (χ0v) is 17.3. The number of ether oxygens (including phenoxy) is 1. The van der Waals surface area contributed by atoms with E-state index >= 15 is 0 Å². The van der Waals surface area contributed by atoms with Crippen LogP contribution in [0.3, 0.4) is 0 Å². The molecule has 2 aromatic heterocycles. The molecule has 1 aromatic carbocycles. The molecule has 158 valence electrons. The van der Waals surface area contributed by atoms with Crippen LogP contribution in [0.2, 0.25) is 0 Å². The molecule has 0 aliphatic heterocycles. The Bertz CT molecular complexity index is 1150. The van der Waals surface area contributed by atoms with Gasteiger partial charge >= 0.3 is 0 Å². The lowest BCUT2D eigenvalue weighted by Gasteiger charge is -2.25. The lowest BCUT2D eigenvalue weighted by Crippen LogP contribution is -2.26. The molecular weight excluding hydrogens is 404 g/mol. The molecule has 0 bridgehead atoms. The minimum absolute atomic E-state index is 0.0498. The normalized spacial score (nSPS) is 22.3. The van der Waals surface area contributed by atoms with Crippen molar-refractivity contribution >= 4 is 15.7 Å². The molecule has 0 atom stereocenters. The fraction of sp³-hybridized carbons (Fsp3) is 0.429. The van der Waals surface area contributed by atoms with Gasteiger partial charge in [-0.2, -0.15) is 0 Å². The van der Waals surface area contributed by atoms with Gasteiger partial charge in [0.1, 0.15) is 6.10 Å². The number of hydrogen-bond acceptors (Lipinski definition) is 6. The van der Waals surface area contributed by atoms with Gasteiger partial charge in [-0.25, -0.2) is 22.6 Å². The van der Waals surface area contributed by atoms with Gasteiger partial charge in [-0.15, -0.1) is 5.10 Å². The first-order valence-corrected chi connectivity index (χ1v) is 11.8. The van der Waals surface area contributed by atoms with Crippen LogP contribution in [0, 0.1) is 0 Å². The molecule has 2 aliphatic rings. The molecule has 2 aliphatic carbocycles. The molecule has 3 aromatic rings. The number of rotatable bonds is 6. The molecule has 0 unspecified atom stereocenters. The fourth-order valence-corrected chi connectivity index (χ4v) is 5.05. The minimum atomic E-state index is -3.48. The molecule has 0 spiro atoms. The van der Waals surface area contributed by atoms with E-state index in [9.17, 15) is 13.5 Å². The van der Waals surface area contributed by atoms with Crippen molar-refractivity contribution in [1.82, 2.24) is 19.3 Å². The molecule has 0 saturated heterocycles. The average Bonchev–Trinajstić information content (AvgIpc) is 3.44. The third-order valence-corrected chi connectivity index (χ3v) is 7.16. The van der Waals surface area contributed by atoms with Crippen LogP contribution in [0.25, 0.3) is 16.9 Å². The summed E-state index contributed by atoms with van der Waals surface area (Å²) in [6.07, 6.45) is 6.44. The molecule has 0 radical (unpaired) electrons. The van der Waals surface area contributed by atoms with Gasteiger partial charge in [0.15, 0.2) is 5.65 Å². The number of benzene rings is 1. The van der Waals surface area contributed by atoms with E-state index in [1.54, 1.807) is 41.0 Å². The Morgan fingerprint density at radius 3 is 2.43 bits per heavy atom. The second-order valence-electron chi connectivity index (χ2n) is 8.05. The average molecular weight is 429 g/mol. The van der Waals surface area contributed by atoms with Gasteiger partial charge in [0.05, 0.1) is 22.9 Å². The second-order valence-corrected chi connectivity index (χ2v) is 9.77. The van der Waals surface area contributed by atoms with Crippen molar-refractivity contribution in [3.63, 3.8) is 0 Å². The number of hydrogen-bond donors (Lipinski definition) is 2. The molecule has 2 heterocycles. The summed E-state index contributed by atoms with van der Waals surface area (Å²) in [5, 5.41) is 14.2. The van der Waals surface area contributed by atoms with Crippen molar-refractivity contribution in [2.75, 3.05) is 0 Å². The summed E-state index contributed by atoms with van der Waals surface area (Å²) >= 11 is 0. The number of aromatic nitrogens is 3. The van der Waals surface area contributed by atoms with Crippen LogP contribution in [0.4, 0.5) is 0 Å². The van der Waals surface area contributed by atoms with Gasteiger partial charge in [0.2, 0.25) is 15.9 Å². The van der Waals surface area contributed by atoms with Gasteiger partial charge in [0, 0.05) is 17.7 Å². The van der Waals surface area contributed by atoms with Crippen LogP contribution in [0.15, 0.2) is 47.5 Å². The Balaban J connectivity index is 1.38. The standard InChI is InChI=1S/C21H24N4O4S/c26-16-5-7-17(8-6-16)29-21-12-11-20-22-13-19(25(20)23-21)14-1-9-18(10-2-14)30(27,28)24-15-3-4-15/h1-2,9-13,15-17,24,26H,3-8H2. The van der Waals surface area contributed by atoms with Crippen LogP contribution >= 0.6 is 0 Å². The SMILES string of the molecule is O=S(=O)(NC1CC1)c1ccc(-c2cnc3ccc(OC4CCC(O)CC4)nn23)cc1. The van der Waals surface area contributed by atoms with Crippen LogP contribution in [-0.4, -0.2) is 46.4 Å². The highest BCUT2D eigenvalue weighted by molar-refractivity contribution is 7.89. The molecule has 9 heteroatoms. The Kier molecular flexibility index (Phi) is 4.96. The lowest BCUT2D eigenvalue weighted by molar-refractivity contribution is 0.0637. The molecule has 8 nitrogen and oxygen atoms in total. The van der Waals surface area contributed by atoms with Crippen molar-refractivity contribution in [1.29, 1.82) is 0 Å². The first-order valence-electron chi connectivity index (χ1n) is 10.3. The predicted octanol–water partition coefficient (Wildman–Crippen LogP) is 2.52. The molecule has 5 rings (SSSR count). The highest BCUT2D eigenvalue weighted by Gasteiger charge is 2.28. The summed E-state index contributed by atoms with van der Waals surface area (Å²) in [7, 11) is -3.48. The Labute approximate surface area is 175 Å². The number of aliphatic hydroxyl groups is 1. The first-order chi connectivity index (χ1) is 14.5. The summed E-state index contributed by atoms with van der Waals surface area (Å²) in [6, 6.07) is 10.5. The molecule has 2 fully saturated rings. The number of nitrogens with one attached hydrogen (secondary N) is 1. The predicted molar refractivity (Wildman–Crippen MR) is 111 cm³/mol. The maximum absolute atomic E-state index is 12.4. The van der Waals surface area contributed by atoms with E-state index in [0.29, 0.717) is 11.5 Å². The van der Waals surface area contributed by atoms with E-state index in [1.165, 1.54) is 0 Å². The van der Waals surface area contributed by atoms with Gasteiger partial charge in [-0.05, 0) is 56.7 Å². The summed E-state index contributed by atoms with van der Waals surface area (Å²) in [4.78, 5) is 4.65. The Hall–Kier alpha value is -2.49. The number of imidazole rings is 1. The van der Waals surface area contributed by atoms with E-state index in [1.807, 2.05) is 6.07 Å². The highest BCUT2D eigenvalue weighted by atomic mass is 32.2. The van der Waals surface area contributed by atoms with Crippen molar-refractivity contribution in [2.24, 2.45) is 0 Å². The maximum atomic E-state index is 12.4. The zero-order chi connectivity index (χ0) is 20.7. The Morgan fingerprint density at radius 2 is 1.73 bits per heavy atom. The summed E-state index contributed by atoms with van der Waals surface area (Å²) < 4.78 is 35.2. The van der Waals surface area contributed by atoms with Crippen LogP contribution in [0.1, 0.15) is 38.5 Å². The maximum Gasteiger partial charge on any atom is 0.240 e. The van der Waals surface area contributed by atoms with Crippen molar-refractivity contribution in [2.45, 2.75) is 61.7 Å². The van der Waals surface area contributed by atoms with Gasteiger partial charge in [-0.1, -0.05) is 12.1 Å². The summed E-state index contributed by atoms with van der Waals surface area (Å²) in [5.74, 6) is 0.510. The van der Waals surface area contributed by atoms with E-state index in [2.05, 4.69) is 14.8 Å². The zero-order valence-electron chi connectivity index (χ0n) is 16.4. The van der Waals surface area contributed by atoms with E-state index in [4.69, 9.17) is 4.74 Å². The third-order valence-electron chi connectivity index (χ3n) is 5.63. The second kappa shape index (κ2) is 7.64. The number of fused-ring (bicyclic) bond motifs is 1. The monoisotopic (exact) mass is 428 g/mol. The van der Waals surface area contributed by atoms with Crippen molar-refractivity contribution in [3.05, 3.63) is 42.6 Å². The molecule has 2 N–H and O–H groups in total. The van der Waals surface area contributed by atoms with Crippen molar-refractivity contribution < 1.29 is 18.3 Å². The summed E-state index contributed by atoms with van der Waals surface area (Å²) in [6.45, 7) is 0. The number of aliphatic hydroxyl groups excluding tert-OH is 1. The van der Waals surface area contributed by atoms with E-state index in [0.717, 1.165) is 49.8 Å². The fourth-order valence-electron chi connectivity index (χ4n) is 3.74. The van der Waals surface area contributed by atoms with Crippen LogP contribution in [0.5, 0.6) is 5.88 Å². The lowest BCUT2D eigenvalue weighted by atomic mass is 9.95. The van der Waals surface area contributed by atoms with Crippen LogP contribution < -0.4 is 9.46 Å². The van der Waals surface area contributed by atoms with Gasteiger partial charge in [-0.3, -0.25) is 0 Å². The first kappa shape index (κ1) is 19.5. The Morgan fingerprint density at radius 1 is 1.00 bits per heavy atom. The van der Waals surface area contributed by atoms with E-state index < -0.39 is 10.0 Å².